The van der Waals surface area contributed by atoms with Crippen molar-refractivity contribution in [3.8, 4) is 0 Å². The van der Waals surface area contributed by atoms with Crippen molar-refractivity contribution in [3.05, 3.63) is 80.1 Å². The van der Waals surface area contributed by atoms with E-state index in [0.717, 1.165) is 21.8 Å². The van der Waals surface area contributed by atoms with Crippen molar-refractivity contribution in [3.63, 3.8) is 0 Å². The minimum absolute atomic E-state index is 0.0341. The Morgan fingerprint density at radius 3 is 2.48 bits per heavy atom. The average molecular weight is 522 g/mol. The maximum atomic E-state index is 13.0. The molecule has 0 saturated heterocycles. The van der Waals surface area contributed by atoms with Crippen molar-refractivity contribution < 1.29 is 22.8 Å². The lowest BCUT2D eigenvalue weighted by Gasteiger charge is -2.28. The molecule has 33 heavy (non-hydrogen) atoms. The molecule has 2 aromatic carbocycles. The van der Waals surface area contributed by atoms with Crippen LogP contribution in [0.25, 0.3) is 0 Å². The Balaban J connectivity index is 1.52. The van der Waals surface area contributed by atoms with Gasteiger partial charge in [0.2, 0.25) is 5.91 Å². The number of hydrogen-bond donors (Lipinski definition) is 0. The standard InChI is InChI=1S/C23H17Cl2NO5S2/c1-13-2-4-17-15(8-13)11-21(28)26(23(17)29)19-5-3-14(10-18(19)24)9-16(27)12-33(30,31)22-7-6-20(25)32-22/h2-8,10H,9,11-12H2,1H3. The van der Waals surface area contributed by atoms with Crippen LogP contribution in [0.2, 0.25) is 9.36 Å². The highest BCUT2D eigenvalue weighted by molar-refractivity contribution is 7.94. The molecule has 0 atom stereocenters. The number of aryl methyl sites for hydroxylation is 1. The zero-order chi connectivity index (χ0) is 23.9. The molecule has 0 spiro atoms. The molecule has 3 aromatic rings. The van der Waals surface area contributed by atoms with Crippen LogP contribution in [-0.4, -0.2) is 31.8 Å². The second kappa shape index (κ2) is 9.02. The molecule has 0 radical (unpaired) electrons. The Kier molecular flexibility index (Phi) is 6.46. The molecule has 1 aliphatic rings. The van der Waals surface area contributed by atoms with Gasteiger partial charge in [-0.3, -0.25) is 14.4 Å². The predicted molar refractivity (Wildman–Crippen MR) is 128 cm³/mol. The first kappa shape index (κ1) is 23.6. The molecule has 0 N–H and O–H groups in total. The van der Waals surface area contributed by atoms with Crippen molar-refractivity contribution in [2.75, 3.05) is 10.7 Å². The summed E-state index contributed by atoms with van der Waals surface area (Å²) in [7, 11) is -3.79. The maximum Gasteiger partial charge on any atom is 0.265 e. The van der Waals surface area contributed by atoms with Gasteiger partial charge in [-0.15, -0.1) is 11.3 Å². The SMILES string of the molecule is Cc1ccc2c(c1)CC(=O)N(c1ccc(CC(=O)CS(=O)(=O)c3ccc(Cl)s3)cc1Cl)C2=O. The summed E-state index contributed by atoms with van der Waals surface area (Å²) in [5.41, 5.74) is 2.76. The zero-order valence-electron chi connectivity index (χ0n) is 17.3. The Hall–Kier alpha value is -2.52. The number of benzene rings is 2. The number of nitrogens with zero attached hydrogens (tertiary/aromatic N) is 1. The third-order valence-electron chi connectivity index (χ3n) is 5.15. The number of carbonyl (C=O) groups is 3. The van der Waals surface area contributed by atoms with E-state index in [1.54, 1.807) is 18.2 Å². The first-order valence-electron chi connectivity index (χ1n) is 9.80. The van der Waals surface area contributed by atoms with E-state index in [1.165, 1.54) is 24.3 Å². The molecule has 10 heteroatoms. The van der Waals surface area contributed by atoms with Crippen molar-refractivity contribution in [1.29, 1.82) is 0 Å². The van der Waals surface area contributed by atoms with Gasteiger partial charge in [-0.25, -0.2) is 13.3 Å². The van der Waals surface area contributed by atoms with Crippen LogP contribution >= 0.6 is 34.5 Å². The number of imide groups is 1. The minimum atomic E-state index is -3.79. The van der Waals surface area contributed by atoms with E-state index < -0.39 is 33.2 Å². The van der Waals surface area contributed by atoms with Gasteiger partial charge in [0.15, 0.2) is 15.6 Å². The smallest absolute Gasteiger partial charge is 0.265 e. The highest BCUT2D eigenvalue weighted by Gasteiger charge is 2.33. The van der Waals surface area contributed by atoms with Gasteiger partial charge >= 0.3 is 0 Å². The van der Waals surface area contributed by atoms with Gasteiger partial charge in [0, 0.05) is 12.0 Å². The number of halogens is 2. The van der Waals surface area contributed by atoms with Gasteiger partial charge < -0.3 is 0 Å². The second-order valence-corrected chi connectivity index (χ2v) is 12.0. The van der Waals surface area contributed by atoms with E-state index in [4.69, 9.17) is 23.2 Å². The molecule has 1 aliphatic heterocycles. The van der Waals surface area contributed by atoms with Crippen LogP contribution < -0.4 is 4.90 Å². The Morgan fingerprint density at radius 1 is 1.06 bits per heavy atom. The molecule has 0 saturated carbocycles. The largest absolute Gasteiger partial charge is 0.298 e. The zero-order valence-corrected chi connectivity index (χ0v) is 20.4. The van der Waals surface area contributed by atoms with Crippen molar-refractivity contribution in [2.24, 2.45) is 0 Å². The lowest BCUT2D eigenvalue weighted by atomic mass is 9.96. The van der Waals surface area contributed by atoms with E-state index in [1.807, 2.05) is 13.0 Å². The van der Waals surface area contributed by atoms with Crippen LogP contribution in [0.5, 0.6) is 0 Å². The summed E-state index contributed by atoms with van der Waals surface area (Å²) in [6.07, 6.45) is -0.0910. The van der Waals surface area contributed by atoms with Crippen molar-refractivity contribution in [2.45, 2.75) is 24.0 Å². The number of amides is 2. The summed E-state index contributed by atoms with van der Waals surface area (Å²) in [6.45, 7) is 1.89. The van der Waals surface area contributed by atoms with Gasteiger partial charge in [0.25, 0.3) is 5.91 Å². The van der Waals surface area contributed by atoms with Crippen LogP contribution in [0.3, 0.4) is 0 Å². The fourth-order valence-corrected chi connectivity index (χ4v) is 6.76. The number of hydrogen-bond acceptors (Lipinski definition) is 6. The van der Waals surface area contributed by atoms with Gasteiger partial charge in [0.1, 0.15) is 9.96 Å². The summed E-state index contributed by atoms with van der Waals surface area (Å²) >= 11 is 13.1. The quantitative estimate of drug-likeness (QED) is 0.439. The number of sulfone groups is 1. The lowest BCUT2D eigenvalue weighted by molar-refractivity contribution is -0.118. The summed E-state index contributed by atoms with van der Waals surface area (Å²) in [4.78, 5) is 39.1. The molecular formula is C23H17Cl2NO5S2. The van der Waals surface area contributed by atoms with E-state index in [0.29, 0.717) is 21.0 Å². The number of fused-ring (bicyclic) bond motifs is 1. The molecule has 0 aliphatic carbocycles. The summed E-state index contributed by atoms with van der Waals surface area (Å²) in [5.74, 6) is -2.04. The summed E-state index contributed by atoms with van der Waals surface area (Å²) in [6, 6.07) is 12.7. The van der Waals surface area contributed by atoms with Gasteiger partial charge in [-0.05, 0) is 48.4 Å². The van der Waals surface area contributed by atoms with Crippen molar-refractivity contribution in [1.82, 2.24) is 0 Å². The molecule has 170 valence electrons. The Labute approximate surface area is 204 Å². The summed E-state index contributed by atoms with van der Waals surface area (Å²) in [5, 5.41) is 0.116. The maximum absolute atomic E-state index is 13.0. The van der Waals surface area contributed by atoms with E-state index in [-0.39, 0.29) is 27.8 Å². The molecule has 1 aromatic heterocycles. The first-order chi connectivity index (χ1) is 15.5. The molecule has 2 amide bonds. The molecule has 4 rings (SSSR count). The van der Waals surface area contributed by atoms with Crippen LogP contribution in [0.4, 0.5) is 5.69 Å². The van der Waals surface area contributed by atoms with Crippen LogP contribution in [0.15, 0.2) is 52.7 Å². The summed E-state index contributed by atoms with van der Waals surface area (Å²) < 4.78 is 25.1. The number of thiophene rings is 1. The molecule has 0 bridgehead atoms. The third kappa shape index (κ3) is 4.89. The molecular weight excluding hydrogens is 505 g/mol. The second-order valence-electron chi connectivity index (χ2n) is 7.69. The molecule has 2 heterocycles. The highest BCUT2D eigenvalue weighted by Crippen LogP contribution is 2.32. The van der Waals surface area contributed by atoms with Crippen molar-refractivity contribution >= 4 is 67.7 Å². The number of Topliss-reactive ketones (excluding diaryl/α,β-unsaturated/α-hetero) is 1. The van der Waals surface area contributed by atoms with E-state index in [2.05, 4.69) is 0 Å². The number of rotatable bonds is 6. The van der Waals surface area contributed by atoms with Crippen LogP contribution in [0.1, 0.15) is 27.0 Å². The lowest BCUT2D eigenvalue weighted by Crippen LogP contribution is -2.42. The topological polar surface area (TPSA) is 88.6 Å². The highest BCUT2D eigenvalue weighted by atomic mass is 35.5. The Bertz CT molecular complexity index is 1410. The molecule has 6 nitrogen and oxygen atoms in total. The minimum Gasteiger partial charge on any atom is -0.298 e. The predicted octanol–water partition coefficient (Wildman–Crippen LogP) is 4.68. The van der Waals surface area contributed by atoms with Gasteiger partial charge in [-0.1, -0.05) is 47.0 Å². The fourth-order valence-electron chi connectivity index (χ4n) is 3.67. The number of ketones is 1. The van der Waals surface area contributed by atoms with Crippen LogP contribution in [0, 0.1) is 6.92 Å². The Morgan fingerprint density at radius 2 is 1.82 bits per heavy atom. The van der Waals surface area contributed by atoms with Gasteiger partial charge in [-0.2, -0.15) is 0 Å². The van der Waals surface area contributed by atoms with E-state index >= 15 is 0 Å². The fraction of sp³-hybridized carbons (Fsp3) is 0.174. The molecule has 0 unspecified atom stereocenters. The molecule has 0 fully saturated rings. The van der Waals surface area contributed by atoms with Gasteiger partial charge in [0.05, 0.1) is 21.5 Å². The third-order valence-corrected chi connectivity index (χ3v) is 8.94. The normalized spacial score (nSPS) is 13.8. The number of carbonyl (C=O) groups excluding carboxylic acids is 3. The number of anilines is 1. The average Bonchev–Trinajstić information content (AvgIpc) is 3.16. The monoisotopic (exact) mass is 521 g/mol. The first-order valence-corrected chi connectivity index (χ1v) is 13.0. The van der Waals surface area contributed by atoms with Crippen LogP contribution in [-0.2, 0) is 32.3 Å². The van der Waals surface area contributed by atoms with E-state index in [9.17, 15) is 22.8 Å².